The summed E-state index contributed by atoms with van der Waals surface area (Å²) in [6.07, 6.45) is 0. The van der Waals surface area contributed by atoms with Crippen molar-refractivity contribution in [3.05, 3.63) is 23.8 Å². The van der Waals surface area contributed by atoms with Crippen molar-refractivity contribution in [3.63, 3.8) is 0 Å². The highest BCUT2D eigenvalue weighted by atomic mass is 32.2. The number of carboxylic acid groups (broad SMARTS) is 1. The van der Waals surface area contributed by atoms with Crippen molar-refractivity contribution in [3.8, 4) is 11.5 Å². The van der Waals surface area contributed by atoms with Crippen LogP contribution in [0.2, 0.25) is 0 Å². The molecule has 0 saturated carbocycles. The summed E-state index contributed by atoms with van der Waals surface area (Å²) in [5, 5.41) is 9.27. The summed E-state index contributed by atoms with van der Waals surface area (Å²) in [5.74, 6) is 0.714. The van der Waals surface area contributed by atoms with Gasteiger partial charge in [0, 0.05) is 18.1 Å². The molecule has 1 fully saturated rings. The Morgan fingerprint density at radius 1 is 1.33 bits per heavy atom. The van der Waals surface area contributed by atoms with Gasteiger partial charge in [-0.05, 0) is 18.2 Å². The lowest BCUT2D eigenvalue weighted by molar-refractivity contribution is -0.141. The number of ether oxygens (including phenoxy) is 2. The molecule has 0 bridgehead atoms. The van der Waals surface area contributed by atoms with E-state index in [4.69, 9.17) is 9.47 Å². The normalized spacial score (nSPS) is 18.2. The zero-order valence-corrected chi connectivity index (χ0v) is 12.7. The van der Waals surface area contributed by atoms with E-state index in [9.17, 15) is 14.7 Å². The molecule has 0 spiro atoms. The number of benzene rings is 1. The van der Waals surface area contributed by atoms with Crippen molar-refractivity contribution in [1.29, 1.82) is 0 Å². The number of hydrogen-bond acceptors (Lipinski definition) is 5. The number of carboxylic acids is 1. The highest BCUT2D eigenvalue weighted by molar-refractivity contribution is 7.99. The van der Waals surface area contributed by atoms with Crippen LogP contribution in [-0.4, -0.2) is 60.2 Å². The van der Waals surface area contributed by atoms with Gasteiger partial charge in [-0.1, -0.05) is 0 Å². The lowest BCUT2D eigenvalue weighted by atomic mass is 10.1. The maximum absolute atomic E-state index is 12.7. The number of aliphatic carboxylic acids is 1. The molecule has 0 radical (unpaired) electrons. The van der Waals surface area contributed by atoms with Crippen LogP contribution in [0, 0.1) is 0 Å². The maximum Gasteiger partial charge on any atom is 0.327 e. The van der Waals surface area contributed by atoms with Gasteiger partial charge in [-0.3, -0.25) is 4.79 Å². The summed E-state index contributed by atoms with van der Waals surface area (Å²) >= 11 is 1.53. The predicted molar refractivity (Wildman–Crippen MR) is 79.3 cm³/mol. The van der Waals surface area contributed by atoms with Crippen molar-refractivity contribution < 1.29 is 24.2 Å². The third kappa shape index (κ3) is 3.24. The minimum atomic E-state index is -0.989. The van der Waals surface area contributed by atoms with Gasteiger partial charge in [0.1, 0.15) is 17.5 Å². The van der Waals surface area contributed by atoms with Crippen LogP contribution < -0.4 is 9.47 Å². The monoisotopic (exact) mass is 311 g/mol. The van der Waals surface area contributed by atoms with E-state index in [2.05, 4.69) is 0 Å². The molecule has 1 aliphatic rings. The number of amides is 1. The molecular formula is C14H17NO5S. The molecule has 1 saturated heterocycles. The molecule has 1 amide bonds. The van der Waals surface area contributed by atoms with Crippen LogP contribution in [0.1, 0.15) is 10.4 Å². The first-order valence-corrected chi connectivity index (χ1v) is 7.57. The van der Waals surface area contributed by atoms with Gasteiger partial charge in [-0.2, -0.15) is 11.8 Å². The van der Waals surface area contributed by atoms with Gasteiger partial charge in [0.15, 0.2) is 0 Å². The van der Waals surface area contributed by atoms with Crippen LogP contribution in [-0.2, 0) is 4.79 Å². The SMILES string of the molecule is COc1ccc(OC)c(C(=O)N2CCSCC2C(=O)O)c1. The van der Waals surface area contributed by atoms with Gasteiger partial charge < -0.3 is 19.5 Å². The second-order valence-electron chi connectivity index (χ2n) is 4.49. The molecule has 6 nitrogen and oxygen atoms in total. The molecule has 7 heteroatoms. The van der Waals surface area contributed by atoms with E-state index >= 15 is 0 Å². The van der Waals surface area contributed by atoms with Crippen molar-refractivity contribution in [1.82, 2.24) is 4.90 Å². The molecule has 1 atom stereocenters. The van der Waals surface area contributed by atoms with Crippen molar-refractivity contribution in [2.45, 2.75) is 6.04 Å². The van der Waals surface area contributed by atoms with E-state index in [1.165, 1.54) is 30.9 Å². The van der Waals surface area contributed by atoms with E-state index in [1.54, 1.807) is 18.2 Å². The zero-order chi connectivity index (χ0) is 15.4. The van der Waals surface area contributed by atoms with Gasteiger partial charge in [0.25, 0.3) is 5.91 Å². The molecule has 1 heterocycles. The fourth-order valence-corrected chi connectivity index (χ4v) is 3.23. The average Bonchev–Trinajstić information content (AvgIpc) is 2.53. The first kappa shape index (κ1) is 15.5. The van der Waals surface area contributed by atoms with Crippen LogP contribution in [0.5, 0.6) is 11.5 Å². The van der Waals surface area contributed by atoms with E-state index in [1.807, 2.05) is 0 Å². The molecular weight excluding hydrogens is 294 g/mol. The Bertz CT molecular complexity index is 548. The largest absolute Gasteiger partial charge is 0.497 e. The highest BCUT2D eigenvalue weighted by Crippen LogP contribution is 2.27. The molecule has 21 heavy (non-hydrogen) atoms. The molecule has 1 N–H and O–H groups in total. The standard InChI is InChI=1S/C14H17NO5S/c1-19-9-3-4-12(20-2)10(7-9)13(16)15-5-6-21-8-11(15)14(17)18/h3-4,7,11H,5-6,8H2,1-2H3,(H,17,18). The Labute approximate surface area is 127 Å². The molecule has 1 aliphatic heterocycles. The van der Waals surface area contributed by atoms with E-state index in [0.29, 0.717) is 29.4 Å². The minimum Gasteiger partial charge on any atom is -0.497 e. The summed E-state index contributed by atoms with van der Waals surface area (Å²) in [6.45, 7) is 0.404. The Kier molecular flexibility index (Phi) is 4.95. The van der Waals surface area contributed by atoms with Crippen LogP contribution >= 0.6 is 11.8 Å². The quantitative estimate of drug-likeness (QED) is 0.904. The third-order valence-electron chi connectivity index (χ3n) is 3.31. The average molecular weight is 311 g/mol. The van der Waals surface area contributed by atoms with Crippen LogP contribution in [0.3, 0.4) is 0 Å². The first-order chi connectivity index (χ1) is 10.1. The second-order valence-corrected chi connectivity index (χ2v) is 5.64. The number of thioether (sulfide) groups is 1. The lowest BCUT2D eigenvalue weighted by Gasteiger charge is -2.33. The van der Waals surface area contributed by atoms with Crippen molar-refractivity contribution in [2.24, 2.45) is 0 Å². The van der Waals surface area contributed by atoms with Gasteiger partial charge in [0.2, 0.25) is 0 Å². The van der Waals surface area contributed by atoms with Crippen LogP contribution in [0.25, 0.3) is 0 Å². The van der Waals surface area contributed by atoms with Crippen molar-refractivity contribution >= 4 is 23.6 Å². The van der Waals surface area contributed by atoms with Gasteiger partial charge >= 0.3 is 5.97 Å². The van der Waals surface area contributed by atoms with E-state index in [-0.39, 0.29) is 5.91 Å². The molecule has 114 valence electrons. The summed E-state index contributed by atoms with van der Waals surface area (Å²) in [7, 11) is 2.98. The first-order valence-electron chi connectivity index (χ1n) is 6.42. The Morgan fingerprint density at radius 3 is 2.71 bits per heavy atom. The Balaban J connectivity index is 2.35. The zero-order valence-electron chi connectivity index (χ0n) is 11.9. The van der Waals surface area contributed by atoms with Gasteiger partial charge in [-0.25, -0.2) is 4.79 Å². The molecule has 0 aliphatic carbocycles. The summed E-state index contributed by atoms with van der Waals surface area (Å²) < 4.78 is 10.3. The molecule has 1 aromatic carbocycles. The fourth-order valence-electron chi connectivity index (χ4n) is 2.19. The molecule has 0 aromatic heterocycles. The molecule has 1 aromatic rings. The number of carbonyl (C=O) groups excluding carboxylic acids is 1. The molecule has 1 unspecified atom stereocenters. The molecule has 2 rings (SSSR count). The third-order valence-corrected chi connectivity index (χ3v) is 4.33. The van der Waals surface area contributed by atoms with E-state index < -0.39 is 12.0 Å². The Hall–Kier alpha value is -1.89. The Morgan fingerprint density at radius 2 is 2.10 bits per heavy atom. The van der Waals surface area contributed by atoms with Crippen LogP contribution in [0.15, 0.2) is 18.2 Å². The lowest BCUT2D eigenvalue weighted by Crippen LogP contribution is -2.50. The summed E-state index contributed by atoms with van der Waals surface area (Å²) in [5.41, 5.74) is 0.315. The summed E-state index contributed by atoms with van der Waals surface area (Å²) in [4.78, 5) is 25.4. The van der Waals surface area contributed by atoms with Crippen LogP contribution in [0.4, 0.5) is 0 Å². The topological polar surface area (TPSA) is 76.1 Å². The highest BCUT2D eigenvalue weighted by Gasteiger charge is 2.34. The van der Waals surface area contributed by atoms with Gasteiger partial charge in [0.05, 0.1) is 19.8 Å². The van der Waals surface area contributed by atoms with Crippen molar-refractivity contribution in [2.75, 3.05) is 32.3 Å². The maximum atomic E-state index is 12.7. The smallest absolute Gasteiger partial charge is 0.327 e. The minimum absolute atomic E-state index is 0.315. The fraction of sp³-hybridized carbons (Fsp3) is 0.429. The predicted octanol–water partition coefficient (Wildman–Crippen LogP) is 1.35. The number of nitrogens with zero attached hydrogens (tertiary/aromatic N) is 1. The second kappa shape index (κ2) is 6.71. The number of carbonyl (C=O) groups is 2. The van der Waals surface area contributed by atoms with E-state index in [0.717, 1.165) is 5.75 Å². The summed E-state index contributed by atoms with van der Waals surface area (Å²) in [6, 6.07) is 4.09. The number of methoxy groups -OCH3 is 2. The number of hydrogen-bond donors (Lipinski definition) is 1. The number of rotatable bonds is 4. The van der Waals surface area contributed by atoms with Gasteiger partial charge in [-0.15, -0.1) is 0 Å².